The smallest absolute Gasteiger partial charge is 0.0976 e. The highest BCUT2D eigenvalue weighted by Gasteiger charge is 2.36. The summed E-state index contributed by atoms with van der Waals surface area (Å²) in [5.74, 6) is 0. The van der Waals surface area contributed by atoms with E-state index in [1.165, 1.54) is 0 Å². The van der Waals surface area contributed by atoms with Gasteiger partial charge in [-0.3, -0.25) is 0 Å². The first-order chi connectivity index (χ1) is 4.54. The molecule has 0 radical (unpaired) electrons. The molecule has 3 N–H and O–H groups in total. The molecule has 1 aliphatic rings. The van der Waals surface area contributed by atoms with E-state index in [-0.39, 0.29) is 6.10 Å². The van der Waals surface area contributed by atoms with Crippen LogP contribution in [0.4, 0.5) is 0 Å². The van der Waals surface area contributed by atoms with Crippen molar-refractivity contribution in [2.45, 2.75) is 38.0 Å². The van der Waals surface area contributed by atoms with Gasteiger partial charge in [0.25, 0.3) is 0 Å². The van der Waals surface area contributed by atoms with E-state index in [0.717, 1.165) is 6.42 Å². The van der Waals surface area contributed by atoms with E-state index in [0.29, 0.717) is 6.61 Å². The van der Waals surface area contributed by atoms with Crippen LogP contribution in [0.3, 0.4) is 0 Å². The maximum Gasteiger partial charge on any atom is 0.0976 e. The van der Waals surface area contributed by atoms with Crippen LogP contribution in [0.25, 0.3) is 0 Å². The summed E-state index contributed by atoms with van der Waals surface area (Å²) in [4.78, 5) is 0. The van der Waals surface area contributed by atoms with Gasteiger partial charge in [-0.15, -0.1) is 0 Å². The van der Waals surface area contributed by atoms with Gasteiger partial charge in [0.1, 0.15) is 0 Å². The highest BCUT2D eigenvalue weighted by molar-refractivity contribution is 4.93. The molecule has 0 aromatic rings. The highest BCUT2D eigenvalue weighted by atomic mass is 16.5. The minimum atomic E-state index is -0.527. The first-order valence-corrected chi connectivity index (χ1v) is 3.62. The largest absolute Gasteiger partial charge is 0.389 e. The zero-order chi connectivity index (χ0) is 7.78. The third kappa shape index (κ3) is 1.31. The lowest BCUT2D eigenvalue weighted by Crippen LogP contribution is -2.57. The lowest BCUT2D eigenvalue weighted by atomic mass is 9.87. The van der Waals surface area contributed by atoms with Crippen LogP contribution in [0.5, 0.6) is 0 Å². The molecule has 0 unspecified atom stereocenters. The van der Waals surface area contributed by atoms with Gasteiger partial charge in [-0.1, -0.05) is 0 Å². The Morgan fingerprint density at radius 2 is 2.30 bits per heavy atom. The fourth-order valence-electron chi connectivity index (χ4n) is 1.24. The fourth-order valence-corrected chi connectivity index (χ4v) is 1.24. The quantitative estimate of drug-likeness (QED) is 0.499. The number of aliphatic hydroxyl groups excluding tert-OH is 1. The highest BCUT2D eigenvalue weighted by Crippen LogP contribution is 2.21. The summed E-state index contributed by atoms with van der Waals surface area (Å²) in [7, 11) is 0. The molecule has 0 aromatic heterocycles. The van der Waals surface area contributed by atoms with Gasteiger partial charge in [0, 0.05) is 12.1 Å². The van der Waals surface area contributed by atoms with Crippen molar-refractivity contribution in [1.29, 1.82) is 0 Å². The summed E-state index contributed by atoms with van der Waals surface area (Å²) in [6, 6.07) is 0. The predicted molar refractivity (Wildman–Crippen MR) is 38.6 cm³/mol. The molecule has 60 valence electrons. The Labute approximate surface area is 61.2 Å². The van der Waals surface area contributed by atoms with E-state index in [1.807, 2.05) is 13.8 Å². The molecule has 1 fully saturated rings. The molecule has 3 heteroatoms. The van der Waals surface area contributed by atoms with Gasteiger partial charge >= 0.3 is 0 Å². The average Bonchev–Trinajstić information content (AvgIpc) is 1.83. The molecule has 3 nitrogen and oxygen atoms in total. The maximum atomic E-state index is 9.46. The zero-order valence-corrected chi connectivity index (χ0v) is 6.50. The fraction of sp³-hybridized carbons (Fsp3) is 1.00. The molecule has 0 saturated carbocycles. The minimum Gasteiger partial charge on any atom is -0.389 e. The molecule has 1 saturated heterocycles. The molecule has 0 aliphatic carbocycles. The SMILES string of the molecule is C[C@H]1OCC[C@@](C)(N)[C@@H]1O. The van der Waals surface area contributed by atoms with Crippen LogP contribution in [0.15, 0.2) is 0 Å². The lowest BCUT2D eigenvalue weighted by Gasteiger charge is -2.38. The predicted octanol–water partition coefficient (Wildman–Crippen LogP) is -0.126. The first kappa shape index (κ1) is 7.98. The Morgan fingerprint density at radius 3 is 2.70 bits per heavy atom. The van der Waals surface area contributed by atoms with E-state index in [4.69, 9.17) is 10.5 Å². The number of ether oxygens (including phenoxy) is 1. The summed E-state index contributed by atoms with van der Waals surface area (Å²) in [5, 5.41) is 9.46. The van der Waals surface area contributed by atoms with Gasteiger partial charge in [0.15, 0.2) is 0 Å². The van der Waals surface area contributed by atoms with Crippen LogP contribution in [0, 0.1) is 0 Å². The molecule has 1 aliphatic heterocycles. The second-order valence-corrected chi connectivity index (χ2v) is 3.28. The van der Waals surface area contributed by atoms with Crippen molar-refractivity contribution in [3.8, 4) is 0 Å². The Hall–Kier alpha value is -0.120. The monoisotopic (exact) mass is 145 g/mol. The minimum absolute atomic E-state index is 0.122. The summed E-state index contributed by atoms with van der Waals surface area (Å²) >= 11 is 0. The van der Waals surface area contributed by atoms with Crippen LogP contribution in [0.2, 0.25) is 0 Å². The molecule has 1 rings (SSSR count). The third-order valence-electron chi connectivity index (χ3n) is 2.14. The van der Waals surface area contributed by atoms with E-state index >= 15 is 0 Å². The van der Waals surface area contributed by atoms with Crippen molar-refractivity contribution < 1.29 is 9.84 Å². The number of nitrogens with two attached hydrogens (primary N) is 1. The third-order valence-corrected chi connectivity index (χ3v) is 2.14. The molecule has 0 spiro atoms. The Bertz CT molecular complexity index is 125. The molecule has 0 amide bonds. The van der Waals surface area contributed by atoms with Crippen molar-refractivity contribution >= 4 is 0 Å². The average molecular weight is 145 g/mol. The Balaban J connectivity index is 2.60. The number of hydrogen-bond acceptors (Lipinski definition) is 3. The molecular weight excluding hydrogens is 130 g/mol. The van der Waals surface area contributed by atoms with Crippen molar-refractivity contribution in [3.05, 3.63) is 0 Å². The van der Waals surface area contributed by atoms with E-state index in [2.05, 4.69) is 0 Å². The van der Waals surface area contributed by atoms with Crippen LogP contribution < -0.4 is 5.73 Å². The number of rotatable bonds is 0. The van der Waals surface area contributed by atoms with Crippen molar-refractivity contribution in [2.75, 3.05) is 6.61 Å². The first-order valence-electron chi connectivity index (χ1n) is 3.62. The van der Waals surface area contributed by atoms with Gasteiger partial charge in [-0.25, -0.2) is 0 Å². The van der Waals surface area contributed by atoms with Crippen LogP contribution in [0.1, 0.15) is 20.3 Å². The standard InChI is InChI=1S/C7H15NO2/c1-5-6(9)7(2,8)3-4-10-5/h5-6,9H,3-4,8H2,1-2H3/t5-,6-,7-/m1/s1. The van der Waals surface area contributed by atoms with E-state index in [9.17, 15) is 5.11 Å². The summed E-state index contributed by atoms with van der Waals surface area (Å²) in [6.07, 6.45) is 0.0865. The van der Waals surface area contributed by atoms with Gasteiger partial charge in [-0.05, 0) is 20.3 Å². The molecule has 0 bridgehead atoms. The van der Waals surface area contributed by atoms with Crippen LogP contribution >= 0.6 is 0 Å². The maximum absolute atomic E-state index is 9.46. The molecule has 0 aromatic carbocycles. The van der Waals surface area contributed by atoms with Crippen LogP contribution in [-0.2, 0) is 4.74 Å². The topological polar surface area (TPSA) is 55.5 Å². The summed E-state index contributed by atoms with van der Waals surface area (Å²) in [5.41, 5.74) is 5.32. The van der Waals surface area contributed by atoms with Crippen molar-refractivity contribution in [1.82, 2.24) is 0 Å². The number of hydrogen-bond donors (Lipinski definition) is 2. The van der Waals surface area contributed by atoms with Gasteiger partial charge < -0.3 is 15.6 Å². The Kier molecular flexibility index (Phi) is 1.99. The zero-order valence-electron chi connectivity index (χ0n) is 6.50. The summed E-state index contributed by atoms with van der Waals surface area (Å²) < 4.78 is 5.20. The second kappa shape index (κ2) is 2.49. The Morgan fingerprint density at radius 1 is 1.70 bits per heavy atom. The molecular formula is C7H15NO2. The molecule has 1 heterocycles. The molecule has 3 atom stereocenters. The molecule has 10 heavy (non-hydrogen) atoms. The van der Waals surface area contributed by atoms with Crippen molar-refractivity contribution in [2.24, 2.45) is 5.73 Å². The second-order valence-electron chi connectivity index (χ2n) is 3.28. The normalized spacial score (nSPS) is 49.2. The lowest BCUT2D eigenvalue weighted by molar-refractivity contribution is -0.101. The van der Waals surface area contributed by atoms with Gasteiger partial charge in [0.2, 0.25) is 0 Å². The van der Waals surface area contributed by atoms with Gasteiger partial charge in [0.05, 0.1) is 12.2 Å². The van der Waals surface area contributed by atoms with Crippen molar-refractivity contribution in [3.63, 3.8) is 0 Å². The van der Waals surface area contributed by atoms with Gasteiger partial charge in [-0.2, -0.15) is 0 Å². The summed E-state index contributed by atoms with van der Waals surface area (Å²) in [6.45, 7) is 4.36. The number of aliphatic hydroxyl groups is 1. The van der Waals surface area contributed by atoms with Crippen LogP contribution in [-0.4, -0.2) is 29.5 Å². The van der Waals surface area contributed by atoms with E-state index < -0.39 is 11.6 Å². The van der Waals surface area contributed by atoms with E-state index in [1.54, 1.807) is 0 Å².